The van der Waals surface area contributed by atoms with Crippen LogP contribution in [-0.4, -0.2) is 30.0 Å². The Balaban J connectivity index is 1.97. The van der Waals surface area contributed by atoms with Crippen LogP contribution in [0.5, 0.6) is 0 Å². The number of nitrogens with two attached hydrogens (primary N) is 1. The fraction of sp³-hybridized carbons (Fsp3) is 0.462. The zero-order valence-corrected chi connectivity index (χ0v) is 11.2. The molecule has 1 atom stereocenters. The molecule has 1 amide bonds. The molecule has 0 saturated carbocycles. The van der Waals surface area contributed by atoms with Crippen LogP contribution in [0.15, 0.2) is 12.1 Å². The summed E-state index contributed by atoms with van der Waals surface area (Å²) >= 11 is 1.98. The SMILES string of the molecule is CC1CSCCN1c1cc2c(cc1N)CC(=O)N2. The number of rotatable bonds is 1. The molecule has 1 aromatic rings. The van der Waals surface area contributed by atoms with E-state index in [1.807, 2.05) is 23.9 Å². The monoisotopic (exact) mass is 263 g/mol. The molecule has 2 aliphatic heterocycles. The second kappa shape index (κ2) is 4.39. The number of amides is 1. The maximum absolute atomic E-state index is 11.4. The van der Waals surface area contributed by atoms with Gasteiger partial charge in [0.2, 0.25) is 5.91 Å². The maximum Gasteiger partial charge on any atom is 0.228 e. The summed E-state index contributed by atoms with van der Waals surface area (Å²) in [5.74, 6) is 2.32. The fourth-order valence-electron chi connectivity index (χ4n) is 2.62. The molecule has 0 spiro atoms. The van der Waals surface area contributed by atoms with E-state index in [0.29, 0.717) is 12.5 Å². The van der Waals surface area contributed by atoms with Gasteiger partial charge in [0.25, 0.3) is 0 Å². The minimum atomic E-state index is 0.0591. The van der Waals surface area contributed by atoms with Crippen LogP contribution in [0, 0.1) is 0 Å². The second-order valence-corrected chi connectivity index (χ2v) is 6.06. The summed E-state index contributed by atoms with van der Waals surface area (Å²) in [6.07, 6.45) is 0.450. The number of carbonyl (C=O) groups excluding carboxylic acids is 1. The number of carbonyl (C=O) groups is 1. The van der Waals surface area contributed by atoms with Crippen molar-refractivity contribution in [3.05, 3.63) is 17.7 Å². The van der Waals surface area contributed by atoms with Crippen molar-refractivity contribution in [1.82, 2.24) is 0 Å². The minimum Gasteiger partial charge on any atom is -0.397 e. The van der Waals surface area contributed by atoms with Crippen molar-refractivity contribution in [3.8, 4) is 0 Å². The van der Waals surface area contributed by atoms with Crippen LogP contribution in [0.3, 0.4) is 0 Å². The third-order valence-corrected chi connectivity index (χ3v) is 4.74. The normalized spacial score (nSPS) is 22.8. The van der Waals surface area contributed by atoms with Crippen molar-refractivity contribution >= 4 is 34.7 Å². The molecule has 3 N–H and O–H groups in total. The average Bonchev–Trinajstić information content (AvgIpc) is 2.68. The summed E-state index contributed by atoms with van der Waals surface area (Å²) < 4.78 is 0. The van der Waals surface area contributed by atoms with Crippen molar-refractivity contribution in [2.45, 2.75) is 19.4 Å². The quantitative estimate of drug-likeness (QED) is 0.757. The van der Waals surface area contributed by atoms with Crippen molar-refractivity contribution in [3.63, 3.8) is 0 Å². The first-order chi connectivity index (χ1) is 8.65. The van der Waals surface area contributed by atoms with Crippen molar-refractivity contribution in [2.24, 2.45) is 0 Å². The highest BCUT2D eigenvalue weighted by Crippen LogP contribution is 2.36. The van der Waals surface area contributed by atoms with E-state index in [0.717, 1.165) is 40.7 Å². The first kappa shape index (κ1) is 11.7. The van der Waals surface area contributed by atoms with Crippen molar-refractivity contribution in [1.29, 1.82) is 0 Å². The molecule has 3 rings (SSSR count). The first-order valence-corrected chi connectivity index (χ1v) is 7.37. The molecule has 0 aromatic heterocycles. The Labute approximate surface area is 111 Å². The largest absolute Gasteiger partial charge is 0.397 e. The summed E-state index contributed by atoms with van der Waals surface area (Å²) in [5, 5.41) is 2.89. The number of hydrogen-bond acceptors (Lipinski definition) is 4. The van der Waals surface area contributed by atoms with Gasteiger partial charge in [0, 0.05) is 29.8 Å². The summed E-state index contributed by atoms with van der Waals surface area (Å²) in [6.45, 7) is 3.24. The number of nitrogen functional groups attached to an aromatic ring is 1. The first-order valence-electron chi connectivity index (χ1n) is 6.22. The topological polar surface area (TPSA) is 58.4 Å². The number of hydrogen-bond donors (Lipinski definition) is 2. The van der Waals surface area contributed by atoms with E-state index >= 15 is 0 Å². The Morgan fingerprint density at radius 2 is 2.33 bits per heavy atom. The van der Waals surface area contributed by atoms with Gasteiger partial charge in [-0.2, -0.15) is 11.8 Å². The highest BCUT2D eigenvalue weighted by atomic mass is 32.2. The Kier molecular flexibility index (Phi) is 2.86. The van der Waals surface area contributed by atoms with Gasteiger partial charge in [0.05, 0.1) is 17.8 Å². The lowest BCUT2D eigenvalue weighted by molar-refractivity contribution is -0.115. The lowest BCUT2D eigenvalue weighted by atomic mass is 10.1. The van der Waals surface area contributed by atoms with Gasteiger partial charge in [0.1, 0.15) is 0 Å². The molecular weight excluding hydrogens is 246 g/mol. The van der Waals surface area contributed by atoms with E-state index in [1.54, 1.807) is 0 Å². The zero-order valence-electron chi connectivity index (χ0n) is 10.4. The predicted octanol–water partition coefficient (Wildman–Crippen LogP) is 1.71. The summed E-state index contributed by atoms with van der Waals surface area (Å²) in [4.78, 5) is 13.7. The summed E-state index contributed by atoms with van der Waals surface area (Å²) in [7, 11) is 0. The second-order valence-electron chi connectivity index (χ2n) is 4.91. The summed E-state index contributed by atoms with van der Waals surface area (Å²) in [6, 6.07) is 4.46. The van der Waals surface area contributed by atoms with Crippen LogP contribution in [0.25, 0.3) is 0 Å². The number of nitrogens with one attached hydrogen (secondary N) is 1. The molecule has 18 heavy (non-hydrogen) atoms. The Morgan fingerprint density at radius 1 is 1.50 bits per heavy atom. The highest BCUT2D eigenvalue weighted by molar-refractivity contribution is 7.99. The molecular formula is C13H17N3OS. The third kappa shape index (κ3) is 1.92. The third-order valence-electron chi connectivity index (χ3n) is 3.55. The molecule has 2 aliphatic rings. The Morgan fingerprint density at radius 3 is 3.11 bits per heavy atom. The number of benzene rings is 1. The van der Waals surface area contributed by atoms with Crippen LogP contribution in [0.2, 0.25) is 0 Å². The molecule has 1 unspecified atom stereocenters. The summed E-state index contributed by atoms with van der Waals surface area (Å²) in [5.41, 5.74) is 9.92. The number of nitrogens with zero attached hydrogens (tertiary/aromatic N) is 1. The molecule has 0 bridgehead atoms. The number of fused-ring (bicyclic) bond motifs is 1. The van der Waals surface area contributed by atoms with Gasteiger partial charge < -0.3 is 16.0 Å². The molecule has 1 fully saturated rings. The van der Waals surface area contributed by atoms with Gasteiger partial charge in [-0.3, -0.25) is 4.79 Å². The fourth-order valence-corrected chi connectivity index (χ4v) is 3.63. The van der Waals surface area contributed by atoms with E-state index in [2.05, 4.69) is 17.1 Å². The number of thioether (sulfide) groups is 1. The lowest BCUT2D eigenvalue weighted by Crippen LogP contribution is -2.40. The smallest absolute Gasteiger partial charge is 0.228 e. The van der Waals surface area contributed by atoms with Gasteiger partial charge in [0.15, 0.2) is 0 Å². The van der Waals surface area contributed by atoms with Crippen LogP contribution in [0.1, 0.15) is 12.5 Å². The molecule has 0 radical (unpaired) electrons. The molecule has 5 heteroatoms. The van der Waals surface area contributed by atoms with Crippen LogP contribution in [-0.2, 0) is 11.2 Å². The maximum atomic E-state index is 11.4. The van der Waals surface area contributed by atoms with Gasteiger partial charge >= 0.3 is 0 Å². The van der Waals surface area contributed by atoms with E-state index in [4.69, 9.17) is 5.73 Å². The van der Waals surface area contributed by atoms with Crippen LogP contribution < -0.4 is 16.0 Å². The minimum absolute atomic E-state index is 0.0591. The van der Waals surface area contributed by atoms with Gasteiger partial charge in [-0.05, 0) is 24.6 Å². The lowest BCUT2D eigenvalue weighted by Gasteiger charge is -2.36. The van der Waals surface area contributed by atoms with Crippen molar-refractivity contribution < 1.29 is 4.79 Å². The van der Waals surface area contributed by atoms with E-state index in [9.17, 15) is 4.79 Å². The zero-order chi connectivity index (χ0) is 12.7. The van der Waals surface area contributed by atoms with Crippen LogP contribution >= 0.6 is 11.8 Å². The standard InChI is InChI=1S/C13H17N3OS/c1-8-7-18-3-2-16(8)12-6-11-9(4-10(12)14)5-13(17)15-11/h4,6,8H,2-3,5,7,14H2,1H3,(H,15,17). The number of anilines is 3. The molecule has 2 heterocycles. The van der Waals surface area contributed by atoms with Gasteiger partial charge in [-0.1, -0.05) is 0 Å². The van der Waals surface area contributed by atoms with Gasteiger partial charge in [-0.15, -0.1) is 0 Å². The van der Waals surface area contributed by atoms with E-state index in [1.165, 1.54) is 0 Å². The molecule has 0 aliphatic carbocycles. The molecule has 4 nitrogen and oxygen atoms in total. The van der Waals surface area contributed by atoms with E-state index < -0.39 is 0 Å². The van der Waals surface area contributed by atoms with Crippen LogP contribution in [0.4, 0.5) is 17.1 Å². The predicted molar refractivity (Wildman–Crippen MR) is 77.3 cm³/mol. The van der Waals surface area contributed by atoms with E-state index in [-0.39, 0.29) is 5.91 Å². The Hall–Kier alpha value is -1.36. The van der Waals surface area contributed by atoms with Crippen molar-refractivity contribution in [2.75, 3.05) is 34.0 Å². The molecule has 1 aromatic carbocycles. The average molecular weight is 263 g/mol. The Bertz CT molecular complexity index is 503. The molecule has 96 valence electrons. The highest BCUT2D eigenvalue weighted by Gasteiger charge is 2.24. The molecule has 1 saturated heterocycles. The van der Waals surface area contributed by atoms with Gasteiger partial charge in [-0.25, -0.2) is 0 Å².